The van der Waals surface area contributed by atoms with Gasteiger partial charge in [-0.3, -0.25) is 4.79 Å². The molecule has 0 unspecified atom stereocenters. The van der Waals surface area contributed by atoms with Crippen LogP contribution in [0, 0.1) is 6.92 Å². The number of hydrogen-bond donors (Lipinski definition) is 1. The highest BCUT2D eigenvalue weighted by molar-refractivity contribution is 6.07. The first-order chi connectivity index (χ1) is 14.1. The number of rotatable bonds is 5. The minimum atomic E-state index is -0.243. The summed E-state index contributed by atoms with van der Waals surface area (Å²) in [6.07, 6.45) is 0. The van der Waals surface area contributed by atoms with Crippen molar-refractivity contribution >= 4 is 22.6 Å². The van der Waals surface area contributed by atoms with Crippen molar-refractivity contribution in [3.8, 4) is 17.2 Å². The van der Waals surface area contributed by atoms with Crippen molar-refractivity contribution in [1.82, 2.24) is 15.0 Å². The zero-order valence-corrected chi connectivity index (χ0v) is 16.3. The van der Waals surface area contributed by atoms with Gasteiger partial charge >= 0.3 is 0 Å². The monoisotopic (exact) mass is 388 g/mol. The summed E-state index contributed by atoms with van der Waals surface area (Å²) in [5, 5.41) is 12.0. The maximum Gasteiger partial charge on any atom is 0.259 e. The van der Waals surface area contributed by atoms with Crippen molar-refractivity contribution < 1.29 is 14.3 Å². The molecule has 0 atom stereocenters. The zero-order valence-electron chi connectivity index (χ0n) is 16.3. The molecule has 1 amide bonds. The molecule has 4 rings (SSSR count). The summed E-state index contributed by atoms with van der Waals surface area (Å²) < 4.78 is 10.5. The molecule has 0 saturated heterocycles. The van der Waals surface area contributed by atoms with Crippen molar-refractivity contribution in [2.75, 3.05) is 19.5 Å². The maximum atomic E-state index is 12.7. The third-order valence-corrected chi connectivity index (χ3v) is 4.63. The minimum Gasteiger partial charge on any atom is -0.497 e. The summed E-state index contributed by atoms with van der Waals surface area (Å²) in [5.74, 6) is 1.05. The number of benzene rings is 3. The number of nitrogens with zero attached hydrogens (tertiary/aromatic N) is 3. The fourth-order valence-electron chi connectivity index (χ4n) is 3.06. The lowest BCUT2D eigenvalue weighted by atomic mass is 10.1. The van der Waals surface area contributed by atoms with E-state index in [1.165, 1.54) is 0 Å². The molecule has 1 N–H and O–H groups in total. The van der Waals surface area contributed by atoms with Gasteiger partial charge in [0.15, 0.2) is 0 Å². The van der Waals surface area contributed by atoms with E-state index in [4.69, 9.17) is 9.47 Å². The summed E-state index contributed by atoms with van der Waals surface area (Å²) in [5.41, 5.74) is 4.28. The van der Waals surface area contributed by atoms with Crippen LogP contribution in [0.1, 0.15) is 15.9 Å². The molecule has 7 heteroatoms. The molecule has 146 valence electrons. The number of amides is 1. The van der Waals surface area contributed by atoms with Gasteiger partial charge in [0, 0.05) is 5.69 Å². The van der Waals surface area contributed by atoms with E-state index >= 15 is 0 Å². The highest BCUT2D eigenvalue weighted by atomic mass is 16.5. The van der Waals surface area contributed by atoms with E-state index in [0.29, 0.717) is 22.5 Å². The third-order valence-electron chi connectivity index (χ3n) is 4.63. The normalized spacial score (nSPS) is 10.7. The molecule has 0 radical (unpaired) electrons. The Kier molecular flexibility index (Phi) is 4.87. The summed E-state index contributed by atoms with van der Waals surface area (Å²) in [7, 11) is 3.17. The molecule has 4 aromatic rings. The van der Waals surface area contributed by atoms with Crippen molar-refractivity contribution in [3.63, 3.8) is 0 Å². The number of fused-ring (bicyclic) bond motifs is 1. The van der Waals surface area contributed by atoms with Gasteiger partial charge in [-0.2, -0.15) is 4.80 Å². The molecule has 0 aliphatic rings. The molecule has 0 spiro atoms. The SMILES string of the molecule is COc1ccc(-n2nc3cc(C)c(NC(=O)c4ccccc4OC)cc3n2)cc1. The molecule has 0 fully saturated rings. The Bertz CT molecular complexity index is 1180. The average Bonchev–Trinajstić information content (AvgIpc) is 3.16. The number of methoxy groups -OCH3 is 2. The van der Waals surface area contributed by atoms with Gasteiger partial charge in [0.2, 0.25) is 0 Å². The Hall–Kier alpha value is -3.87. The summed E-state index contributed by atoms with van der Waals surface area (Å²) in [4.78, 5) is 14.3. The number of para-hydroxylation sites is 1. The number of carbonyl (C=O) groups is 1. The van der Waals surface area contributed by atoms with Crippen LogP contribution in [0.2, 0.25) is 0 Å². The fraction of sp³-hybridized carbons (Fsp3) is 0.136. The number of nitrogens with one attached hydrogen (secondary N) is 1. The van der Waals surface area contributed by atoms with Crippen LogP contribution >= 0.6 is 0 Å². The predicted molar refractivity (Wildman–Crippen MR) is 111 cm³/mol. The van der Waals surface area contributed by atoms with Crippen LogP contribution in [0.5, 0.6) is 11.5 Å². The van der Waals surface area contributed by atoms with E-state index in [1.807, 2.05) is 49.4 Å². The Morgan fingerprint density at radius 2 is 1.62 bits per heavy atom. The van der Waals surface area contributed by atoms with Crippen LogP contribution in [-0.2, 0) is 0 Å². The topological polar surface area (TPSA) is 78.3 Å². The van der Waals surface area contributed by atoms with Crippen LogP contribution in [-0.4, -0.2) is 35.1 Å². The molecule has 1 aromatic heterocycles. The highest BCUT2D eigenvalue weighted by Crippen LogP contribution is 2.25. The van der Waals surface area contributed by atoms with Gasteiger partial charge in [0.05, 0.1) is 25.5 Å². The lowest BCUT2D eigenvalue weighted by Crippen LogP contribution is -2.13. The van der Waals surface area contributed by atoms with Crippen molar-refractivity contribution in [1.29, 1.82) is 0 Å². The van der Waals surface area contributed by atoms with E-state index < -0.39 is 0 Å². The van der Waals surface area contributed by atoms with E-state index in [9.17, 15) is 4.79 Å². The van der Waals surface area contributed by atoms with Crippen molar-refractivity contribution in [3.05, 3.63) is 71.8 Å². The largest absolute Gasteiger partial charge is 0.497 e. The maximum absolute atomic E-state index is 12.7. The zero-order chi connectivity index (χ0) is 20.4. The second kappa shape index (κ2) is 7.63. The molecule has 0 aliphatic carbocycles. The first kappa shape index (κ1) is 18.5. The van der Waals surface area contributed by atoms with Gasteiger partial charge in [-0.25, -0.2) is 0 Å². The Morgan fingerprint density at radius 3 is 2.31 bits per heavy atom. The average molecular weight is 388 g/mol. The van der Waals surface area contributed by atoms with Gasteiger partial charge in [-0.15, -0.1) is 10.2 Å². The highest BCUT2D eigenvalue weighted by Gasteiger charge is 2.14. The summed E-state index contributed by atoms with van der Waals surface area (Å²) in [6.45, 7) is 1.92. The van der Waals surface area contributed by atoms with Crippen LogP contribution in [0.3, 0.4) is 0 Å². The molecule has 0 saturated carbocycles. The lowest BCUT2D eigenvalue weighted by molar-refractivity contribution is 0.102. The van der Waals surface area contributed by atoms with Crippen LogP contribution in [0.25, 0.3) is 16.7 Å². The molecule has 3 aromatic carbocycles. The van der Waals surface area contributed by atoms with Crippen LogP contribution in [0.4, 0.5) is 5.69 Å². The summed E-state index contributed by atoms with van der Waals surface area (Å²) in [6, 6.07) is 18.3. The van der Waals surface area contributed by atoms with Gasteiger partial charge in [0.25, 0.3) is 5.91 Å². The van der Waals surface area contributed by atoms with E-state index in [-0.39, 0.29) is 5.91 Å². The Balaban J connectivity index is 1.65. The second-order valence-electron chi connectivity index (χ2n) is 6.50. The number of carbonyl (C=O) groups excluding carboxylic acids is 1. The molecular formula is C22H20N4O3. The standard InChI is InChI=1S/C22H20N4O3/c1-14-12-19-20(25-26(24-19)15-8-10-16(28-2)11-9-15)13-18(14)23-22(27)17-6-4-5-7-21(17)29-3/h4-13H,1-3H3,(H,23,27). The molecule has 0 bridgehead atoms. The smallest absolute Gasteiger partial charge is 0.259 e. The van der Waals surface area contributed by atoms with Crippen molar-refractivity contribution in [2.45, 2.75) is 6.92 Å². The molecule has 7 nitrogen and oxygen atoms in total. The number of aromatic nitrogens is 3. The second-order valence-corrected chi connectivity index (χ2v) is 6.50. The van der Waals surface area contributed by atoms with Crippen LogP contribution < -0.4 is 14.8 Å². The Morgan fingerprint density at radius 1 is 0.931 bits per heavy atom. The predicted octanol–water partition coefficient (Wildman–Crippen LogP) is 4.00. The lowest BCUT2D eigenvalue weighted by Gasteiger charge is -2.10. The first-order valence-electron chi connectivity index (χ1n) is 9.05. The van der Waals surface area contributed by atoms with Crippen LogP contribution in [0.15, 0.2) is 60.7 Å². The molecule has 29 heavy (non-hydrogen) atoms. The number of aryl methyl sites for hydroxylation is 1. The minimum absolute atomic E-state index is 0.243. The fourth-order valence-corrected chi connectivity index (χ4v) is 3.06. The first-order valence-corrected chi connectivity index (χ1v) is 9.05. The molecular weight excluding hydrogens is 368 g/mol. The number of anilines is 1. The molecule has 0 aliphatic heterocycles. The van der Waals surface area contributed by atoms with Gasteiger partial charge in [-0.05, 0) is 61.0 Å². The van der Waals surface area contributed by atoms with Crippen molar-refractivity contribution in [2.24, 2.45) is 0 Å². The van der Waals surface area contributed by atoms with Gasteiger partial charge < -0.3 is 14.8 Å². The number of hydrogen-bond acceptors (Lipinski definition) is 5. The van der Waals surface area contributed by atoms with E-state index in [0.717, 1.165) is 22.5 Å². The third kappa shape index (κ3) is 3.62. The Labute approximate surface area is 167 Å². The summed E-state index contributed by atoms with van der Waals surface area (Å²) >= 11 is 0. The van der Waals surface area contributed by atoms with Gasteiger partial charge in [-0.1, -0.05) is 12.1 Å². The van der Waals surface area contributed by atoms with Gasteiger partial charge in [0.1, 0.15) is 22.5 Å². The number of ether oxygens (including phenoxy) is 2. The quantitative estimate of drug-likeness (QED) is 0.559. The molecule has 1 heterocycles. The van der Waals surface area contributed by atoms with E-state index in [2.05, 4.69) is 15.5 Å². The van der Waals surface area contributed by atoms with E-state index in [1.54, 1.807) is 37.2 Å².